The Balaban J connectivity index is 1.63. The molecule has 188 valence electrons. The van der Waals surface area contributed by atoms with Crippen molar-refractivity contribution in [3.05, 3.63) is 88.5 Å². The molecule has 0 spiro atoms. The number of carbonyl (C=O) groups excluding carboxylic acids is 3. The number of para-hydroxylation sites is 1. The Hall–Kier alpha value is -4.64. The van der Waals surface area contributed by atoms with Crippen LogP contribution in [0.3, 0.4) is 0 Å². The zero-order chi connectivity index (χ0) is 26.5. The fourth-order valence-corrected chi connectivity index (χ4v) is 4.86. The molecule has 1 atom stereocenters. The van der Waals surface area contributed by atoms with Gasteiger partial charge >= 0.3 is 0 Å². The second-order valence-electron chi connectivity index (χ2n) is 8.84. The molecule has 8 heteroatoms. The van der Waals surface area contributed by atoms with Gasteiger partial charge in [-0.05, 0) is 29.7 Å². The lowest BCUT2D eigenvalue weighted by atomic mass is 9.89. The molecule has 0 aromatic heterocycles. The van der Waals surface area contributed by atoms with Gasteiger partial charge in [-0.15, -0.1) is 0 Å². The number of hydrogen-bond donors (Lipinski definition) is 2. The fourth-order valence-electron chi connectivity index (χ4n) is 4.86. The predicted molar refractivity (Wildman–Crippen MR) is 138 cm³/mol. The highest BCUT2D eigenvalue weighted by molar-refractivity contribution is 6.12. The summed E-state index contributed by atoms with van der Waals surface area (Å²) in [5.74, 6) is -1.35. The minimum atomic E-state index is -0.652. The molecule has 0 aliphatic carbocycles. The zero-order valence-electron chi connectivity index (χ0n) is 20.4. The molecule has 0 saturated carbocycles. The number of phenols is 2. The average Bonchev–Trinajstić information content (AvgIpc) is 2.92. The van der Waals surface area contributed by atoms with Crippen molar-refractivity contribution in [3.63, 3.8) is 0 Å². The van der Waals surface area contributed by atoms with Gasteiger partial charge in [-0.1, -0.05) is 49.4 Å². The first kappa shape index (κ1) is 25.5. The van der Waals surface area contributed by atoms with Crippen LogP contribution in [0.15, 0.2) is 60.7 Å². The molecular weight excluding hydrogens is 470 g/mol. The summed E-state index contributed by atoms with van der Waals surface area (Å²) >= 11 is 0. The third-order valence-corrected chi connectivity index (χ3v) is 6.71. The summed E-state index contributed by atoms with van der Waals surface area (Å²) < 4.78 is 0. The topological polar surface area (TPSA) is 122 Å². The lowest BCUT2D eigenvalue weighted by Gasteiger charge is -2.40. The van der Waals surface area contributed by atoms with E-state index in [1.165, 1.54) is 0 Å². The van der Waals surface area contributed by atoms with E-state index in [0.717, 1.165) is 12.4 Å². The highest BCUT2D eigenvalue weighted by Crippen LogP contribution is 2.35. The standard InChI is InChI=1S/C29H27N3O5/c1-2-22-23(28(26(35)15-25(22)34)29(37)19-8-4-3-5-9-19)14-27(36)31-12-13-32(21(17-31)18-33)24-11-7-6-10-20(24)16-30/h3-11,15,18,21,34-35H,2,12-14,17H2,1H3. The molecule has 3 aromatic rings. The molecule has 1 heterocycles. The van der Waals surface area contributed by atoms with Crippen molar-refractivity contribution in [2.24, 2.45) is 0 Å². The van der Waals surface area contributed by atoms with Crippen LogP contribution in [0.5, 0.6) is 11.5 Å². The number of hydrogen-bond acceptors (Lipinski definition) is 7. The first-order valence-corrected chi connectivity index (χ1v) is 12.0. The van der Waals surface area contributed by atoms with Crippen LogP contribution in [0.25, 0.3) is 0 Å². The lowest BCUT2D eigenvalue weighted by Crippen LogP contribution is -2.56. The molecule has 1 amide bonds. The number of amides is 1. The van der Waals surface area contributed by atoms with Crippen LogP contribution in [0.1, 0.15) is 39.5 Å². The van der Waals surface area contributed by atoms with Crippen molar-refractivity contribution in [3.8, 4) is 17.6 Å². The number of aldehydes is 1. The number of phenolic OH excluding ortho intramolecular Hbond substituents is 2. The highest BCUT2D eigenvalue weighted by Gasteiger charge is 2.32. The summed E-state index contributed by atoms with van der Waals surface area (Å²) in [6.07, 6.45) is 0.883. The van der Waals surface area contributed by atoms with Gasteiger partial charge in [-0.25, -0.2) is 0 Å². The third kappa shape index (κ3) is 5.02. The Bertz CT molecular complexity index is 1380. The third-order valence-electron chi connectivity index (χ3n) is 6.71. The monoisotopic (exact) mass is 497 g/mol. The molecule has 1 aliphatic heterocycles. The smallest absolute Gasteiger partial charge is 0.227 e. The molecule has 8 nitrogen and oxygen atoms in total. The number of ketones is 1. The van der Waals surface area contributed by atoms with Crippen LogP contribution in [-0.4, -0.2) is 58.8 Å². The van der Waals surface area contributed by atoms with Crippen molar-refractivity contribution in [1.82, 2.24) is 4.90 Å². The normalized spacial score (nSPS) is 15.2. The molecule has 1 unspecified atom stereocenters. The Morgan fingerprint density at radius 1 is 1.03 bits per heavy atom. The van der Waals surface area contributed by atoms with Crippen LogP contribution in [0, 0.1) is 11.3 Å². The molecule has 1 aliphatic rings. The summed E-state index contributed by atoms with van der Waals surface area (Å²) in [5, 5.41) is 30.6. The molecule has 0 radical (unpaired) electrons. The predicted octanol–water partition coefficient (Wildman–Crippen LogP) is 3.22. The Kier molecular flexibility index (Phi) is 7.54. The second kappa shape index (κ2) is 11.0. The number of nitrogens with zero attached hydrogens (tertiary/aromatic N) is 3. The Labute approximate surface area is 215 Å². The maximum absolute atomic E-state index is 13.5. The van der Waals surface area contributed by atoms with E-state index >= 15 is 0 Å². The maximum atomic E-state index is 13.5. The van der Waals surface area contributed by atoms with Crippen LogP contribution >= 0.6 is 0 Å². The summed E-state index contributed by atoms with van der Waals surface area (Å²) in [6.45, 7) is 2.55. The van der Waals surface area contributed by atoms with Crippen LogP contribution < -0.4 is 4.90 Å². The van der Waals surface area contributed by atoms with Crippen molar-refractivity contribution in [1.29, 1.82) is 5.26 Å². The van der Waals surface area contributed by atoms with Crippen molar-refractivity contribution < 1.29 is 24.6 Å². The van der Waals surface area contributed by atoms with Crippen LogP contribution in [0.2, 0.25) is 0 Å². The van der Waals surface area contributed by atoms with Gasteiger partial charge in [0.15, 0.2) is 5.78 Å². The summed E-state index contributed by atoms with van der Waals surface area (Å²) in [5.41, 5.74) is 2.11. The van der Waals surface area contributed by atoms with Crippen LogP contribution in [0.4, 0.5) is 5.69 Å². The van der Waals surface area contributed by atoms with Gasteiger partial charge in [0.1, 0.15) is 29.9 Å². The fraction of sp³-hybridized carbons (Fsp3) is 0.241. The Morgan fingerprint density at radius 2 is 1.73 bits per heavy atom. The molecule has 1 saturated heterocycles. The second-order valence-corrected chi connectivity index (χ2v) is 8.84. The largest absolute Gasteiger partial charge is 0.508 e. The molecular formula is C29H27N3O5. The molecule has 4 rings (SSSR count). The van der Waals surface area contributed by atoms with Crippen LogP contribution in [-0.2, 0) is 22.4 Å². The molecule has 3 aromatic carbocycles. The van der Waals surface area contributed by atoms with Crippen molar-refractivity contribution in [2.45, 2.75) is 25.8 Å². The van der Waals surface area contributed by atoms with Crippen molar-refractivity contribution in [2.75, 3.05) is 24.5 Å². The van der Waals surface area contributed by atoms with E-state index in [2.05, 4.69) is 6.07 Å². The van der Waals surface area contributed by atoms with E-state index in [1.807, 2.05) is 4.90 Å². The van der Waals surface area contributed by atoms with Gasteiger partial charge in [-0.2, -0.15) is 5.26 Å². The number of nitriles is 1. The minimum absolute atomic E-state index is 0.0114. The van der Waals surface area contributed by atoms with Gasteiger partial charge in [-0.3, -0.25) is 9.59 Å². The van der Waals surface area contributed by atoms with Gasteiger partial charge < -0.3 is 24.8 Å². The first-order chi connectivity index (χ1) is 17.9. The zero-order valence-corrected chi connectivity index (χ0v) is 20.4. The van der Waals surface area contributed by atoms with Gasteiger partial charge in [0.05, 0.1) is 23.2 Å². The number of rotatable bonds is 7. The van der Waals surface area contributed by atoms with E-state index in [-0.39, 0.29) is 35.7 Å². The van der Waals surface area contributed by atoms with E-state index in [1.54, 1.807) is 66.4 Å². The van der Waals surface area contributed by atoms with Gasteiger partial charge in [0, 0.05) is 31.3 Å². The van der Waals surface area contributed by atoms with E-state index in [0.29, 0.717) is 41.9 Å². The number of aromatic hydroxyl groups is 2. The van der Waals surface area contributed by atoms with Crippen molar-refractivity contribution >= 4 is 23.7 Å². The average molecular weight is 498 g/mol. The first-order valence-electron chi connectivity index (χ1n) is 12.0. The van der Waals surface area contributed by atoms with Gasteiger partial charge in [0.25, 0.3) is 0 Å². The lowest BCUT2D eigenvalue weighted by molar-refractivity contribution is -0.131. The quantitative estimate of drug-likeness (QED) is 0.380. The van der Waals surface area contributed by atoms with E-state index in [9.17, 15) is 29.9 Å². The number of piperazine rings is 1. The summed E-state index contributed by atoms with van der Waals surface area (Å²) in [4.78, 5) is 42.1. The van der Waals surface area contributed by atoms with Gasteiger partial charge in [0.2, 0.25) is 5.91 Å². The maximum Gasteiger partial charge on any atom is 0.227 e. The summed E-state index contributed by atoms with van der Waals surface area (Å²) in [7, 11) is 0. The number of carbonyl (C=O) groups is 3. The molecule has 0 bridgehead atoms. The molecule has 2 N–H and O–H groups in total. The SMILES string of the molecule is CCc1c(O)cc(O)c(C(=O)c2ccccc2)c1CC(=O)N1CCN(c2ccccc2C#N)C(C=O)C1. The number of benzene rings is 3. The van der Waals surface area contributed by atoms with E-state index < -0.39 is 17.6 Å². The minimum Gasteiger partial charge on any atom is -0.508 e. The molecule has 37 heavy (non-hydrogen) atoms. The molecule has 1 fully saturated rings. The Morgan fingerprint density at radius 3 is 2.41 bits per heavy atom. The summed E-state index contributed by atoms with van der Waals surface area (Å²) in [6, 6.07) is 18.1. The highest BCUT2D eigenvalue weighted by atomic mass is 16.3. The number of anilines is 1. The van der Waals surface area contributed by atoms with E-state index in [4.69, 9.17) is 0 Å².